The van der Waals surface area contributed by atoms with Crippen molar-refractivity contribution in [3.05, 3.63) is 63.5 Å². The Bertz CT molecular complexity index is 901. The van der Waals surface area contributed by atoms with E-state index in [2.05, 4.69) is 0 Å². The molecule has 8 heteroatoms. The molecule has 4 rings (SSSR count). The first kappa shape index (κ1) is 16.8. The third-order valence-corrected chi connectivity index (χ3v) is 5.22. The molecule has 0 radical (unpaired) electrons. The molecule has 134 valence electrons. The average molecular weight is 379 g/mol. The number of rotatable bonds is 2. The number of hydrogen-bond donors (Lipinski definition) is 0. The van der Waals surface area contributed by atoms with Crippen molar-refractivity contribution in [1.29, 1.82) is 0 Å². The van der Waals surface area contributed by atoms with E-state index < -0.39 is 17.7 Å². The van der Waals surface area contributed by atoms with Gasteiger partial charge < -0.3 is 4.74 Å². The second kappa shape index (κ2) is 5.98. The molecule has 3 heterocycles. The summed E-state index contributed by atoms with van der Waals surface area (Å²) in [4.78, 5) is 26.3. The van der Waals surface area contributed by atoms with E-state index in [1.54, 1.807) is 0 Å². The van der Waals surface area contributed by atoms with Crippen LogP contribution in [0.5, 0.6) is 0 Å². The van der Waals surface area contributed by atoms with Gasteiger partial charge in [0.15, 0.2) is 0 Å². The van der Waals surface area contributed by atoms with Crippen molar-refractivity contribution in [1.82, 2.24) is 0 Å². The Hall–Kier alpha value is -2.61. The monoisotopic (exact) mass is 379 g/mol. The van der Waals surface area contributed by atoms with Gasteiger partial charge in [0, 0.05) is 18.0 Å². The molecule has 0 N–H and O–H groups in total. The van der Waals surface area contributed by atoms with Gasteiger partial charge in [0.25, 0.3) is 0 Å². The Kier molecular flexibility index (Phi) is 3.87. The highest BCUT2D eigenvalue weighted by Crippen LogP contribution is 2.42. The molecular weight excluding hydrogens is 367 g/mol. The van der Waals surface area contributed by atoms with Gasteiger partial charge >= 0.3 is 12.1 Å². The fourth-order valence-corrected chi connectivity index (χ4v) is 4.03. The van der Waals surface area contributed by atoms with Crippen LogP contribution in [-0.4, -0.2) is 18.5 Å². The lowest BCUT2D eigenvalue weighted by Crippen LogP contribution is -2.37. The number of nitrogens with zero attached hydrogens (tertiary/aromatic N) is 1. The number of thiophene rings is 1. The van der Waals surface area contributed by atoms with E-state index in [9.17, 15) is 22.8 Å². The number of esters is 1. The summed E-state index contributed by atoms with van der Waals surface area (Å²) in [5, 5.41) is 3.74. The van der Waals surface area contributed by atoms with Crippen molar-refractivity contribution in [3.8, 4) is 0 Å². The Morgan fingerprint density at radius 1 is 1.12 bits per heavy atom. The third-order valence-electron chi connectivity index (χ3n) is 4.52. The second-order valence-electron chi connectivity index (χ2n) is 6.02. The number of carbonyl (C=O) groups excluding carboxylic acids is 2. The van der Waals surface area contributed by atoms with E-state index in [1.807, 2.05) is 16.8 Å². The average Bonchev–Trinajstić information content (AvgIpc) is 3.24. The van der Waals surface area contributed by atoms with Gasteiger partial charge in [0.1, 0.15) is 6.61 Å². The van der Waals surface area contributed by atoms with E-state index in [-0.39, 0.29) is 30.5 Å². The zero-order chi connectivity index (χ0) is 18.5. The van der Waals surface area contributed by atoms with E-state index in [4.69, 9.17) is 4.74 Å². The zero-order valence-corrected chi connectivity index (χ0v) is 14.1. The lowest BCUT2D eigenvalue weighted by atomic mass is 9.85. The summed E-state index contributed by atoms with van der Waals surface area (Å²) in [6.07, 6.45) is -4.39. The van der Waals surface area contributed by atoms with Gasteiger partial charge in [-0.25, -0.2) is 4.79 Å². The van der Waals surface area contributed by atoms with Crippen molar-refractivity contribution in [2.24, 2.45) is 0 Å². The maximum absolute atomic E-state index is 12.8. The quantitative estimate of drug-likeness (QED) is 0.738. The van der Waals surface area contributed by atoms with E-state index in [1.165, 1.54) is 28.4 Å². The Labute approximate surface area is 150 Å². The van der Waals surface area contributed by atoms with E-state index in [0.717, 1.165) is 17.7 Å². The van der Waals surface area contributed by atoms with E-state index >= 15 is 0 Å². The van der Waals surface area contributed by atoms with Gasteiger partial charge in [-0.15, -0.1) is 0 Å². The van der Waals surface area contributed by atoms with Crippen LogP contribution in [-0.2, 0) is 20.5 Å². The number of hydrogen-bond acceptors (Lipinski definition) is 4. The largest absolute Gasteiger partial charge is 0.456 e. The number of cyclic esters (lactones) is 1. The minimum absolute atomic E-state index is 0.0612. The van der Waals surface area contributed by atoms with Crippen LogP contribution in [0.15, 0.2) is 52.4 Å². The highest BCUT2D eigenvalue weighted by atomic mass is 32.1. The summed E-state index contributed by atoms with van der Waals surface area (Å²) in [6.45, 7) is -0.0679. The molecule has 0 saturated heterocycles. The summed E-state index contributed by atoms with van der Waals surface area (Å²) >= 11 is 1.46. The Morgan fingerprint density at radius 3 is 2.46 bits per heavy atom. The standard InChI is InChI=1S/C18H12F3NO3S/c19-18(20,21)11-1-3-12(4-2-11)22-14-8-25-17(24)16(14)13(7-15(22)23)10-5-6-26-9-10/h1-6,9,13H,7-8H2. The summed E-state index contributed by atoms with van der Waals surface area (Å²) < 4.78 is 43.4. The number of halogens is 3. The number of alkyl halides is 3. The molecule has 1 aromatic heterocycles. The number of anilines is 1. The molecule has 0 aliphatic carbocycles. The molecule has 1 aromatic carbocycles. The topological polar surface area (TPSA) is 46.6 Å². The van der Waals surface area contributed by atoms with Crippen molar-refractivity contribution >= 4 is 28.9 Å². The molecule has 0 fully saturated rings. The van der Waals surface area contributed by atoms with Crippen LogP contribution < -0.4 is 4.90 Å². The molecule has 1 atom stereocenters. The SMILES string of the molecule is O=C1OCC2=C1C(c1ccsc1)CC(=O)N2c1ccc(C(F)(F)F)cc1. The molecule has 1 amide bonds. The number of carbonyl (C=O) groups is 2. The van der Waals surface area contributed by atoms with Crippen LogP contribution in [0.2, 0.25) is 0 Å². The van der Waals surface area contributed by atoms with Crippen LogP contribution in [0.4, 0.5) is 18.9 Å². The first-order valence-electron chi connectivity index (χ1n) is 7.78. The molecule has 4 nitrogen and oxygen atoms in total. The smallest absolute Gasteiger partial charge is 0.416 e. The highest BCUT2D eigenvalue weighted by molar-refractivity contribution is 7.08. The molecule has 1 unspecified atom stereocenters. The number of amides is 1. The fraction of sp³-hybridized carbons (Fsp3) is 0.222. The normalized spacial score (nSPS) is 20.4. The predicted octanol–water partition coefficient (Wildman–Crippen LogP) is 4.10. The highest BCUT2D eigenvalue weighted by Gasteiger charge is 2.43. The molecule has 2 aromatic rings. The predicted molar refractivity (Wildman–Crippen MR) is 88.6 cm³/mol. The van der Waals surface area contributed by atoms with Crippen LogP contribution in [0.1, 0.15) is 23.5 Å². The molecular formula is C18H12F3NO3S. The Balaban J connectivity index is 1.76. The summed E-state index contributed by atoms with van der Waals surface area (Å²) in [6, 6.07) is 6.17. The van der Waals surface area contributed by atoms with Crippen molar-refractivity contribution in [2.45, 2.75) is 18.5 Å². The third kappa shape index (κ3) is 2.70. The fourth-order valence-electron chi connectivity index (χ4n) is 3.31. The lowest BCUT2D eigenvalue weighted by molar-refractivity contribution is -0.138. The summed E-state index contributed by atoms with van der Waals surface area (Å²) in [5.74, 6) is -1.15. The van der Waals surface area contributed by atoms with Crippen LogP contribution in [0, 0.1) is 0 Å². The summed E-state index contributed by atoms with van der Waals surface area (Å²) in [7, 11) is 0. The maximum Gasteiger partial charge on any atom is 0.416 e. The Morgan fingerprint density at radius 2 is 1.85 bits per heavy atom. The molecule has 2 aliphatic heterocycles. The van der Waals surface area contributed by atoms with Crippen LogP contribution in [0.25, 0.3) is 0 Å². The lowest BCUT2D eigenvalue weighted by Gasteiger charge is -2.31. The first-order chi connectivity index (χ1) is 12.4. The van der Waals surface area contributed by atoms with Crippen molar-refractivity contribution < 1.29 is 27.5 Å². The second-order valence-corrected chi connectivity index (χ2v) is 6.80. The van der Waals surface area contributed by atoms with Gasteiger partial charge in [0.2, 0.25) is 5.91 Å². The van der Waals surface area contributed by atoms with Crippen molar-refractivity contribution in [2.75, 3.05) is 11.5 Å². The van der Waals surface area contributed by atoms with Gasteiger partial charge in [0.05, 0.1) is 16.8 Å². The molecule has 2 aliphatic rings. The molecule has 0 spiro atoms. The van der Waals surface area contributed by atoms with Gasteiger partial charge in [-0.3, -0.25) is 9.69 Å². The van der Waals surface area contributed by atoms with Crippen LogP contribution in [0.3, 0.4) is 0 Å². The maximum atomic E-state index is 12.8. The van der Waals surface area contributed by atoms with E-state index in [0.29, 0.717) is 11.3 Å². The zero-order valence-electron chi connectivity index (χ0n) is 13.2. The van der Waals surface area contributed by atoms with Crippen LogP contribution >= 0.6 is 11.3 Å². The minimum atomic E-state index is -4.45. The van der Waals surface area contributed by atoms with Gasteiger partial charge in [-0.2, -0.15) is 24.5 Å². The molecule has 0 bridgehead atoms. The minimum Gasteiger partial charge on any atom is -0.456 e. The number of benzene rings is 1. The van der Waals surface area contributed by atoms with Gasteiger partial charge in [-0.05, 0) is 46.7 Å². The first-order valence-corrected chi connectivity index (χ1v) is 8.73. The molecule has 0 saturated carbocycles. The molecule has 26 heavy (non-hydrogen) atoms. The number of ether oxygens (including phenoxy) is 1. The summed E-state index contributed by atoms with van der Waals surface area (Å²) in [5.41, 5.74) is 1.17. The van der Waals surface area contributed by atoms with Gasteiger partial charge in [-0.1, -0.05) is 0 Å². The van der Waals surface area contributed by atoms with Crippen molar-refractivity contribution in [3.63, 3.8) is 0 Å².